The Bertz CT molecular complexity index is 643. The van der Waals surface area contributed by atoms with Crippen LogP contribution in [0.5, 0.6) is 0 Å². The summed E-state index contributed by atoms with van der Waals surface area (Å²) >= 11 is 0. The molecular formula is C39H77NO5. The van der Waals surface area contributed by atoms with Gasteiger partial charge in [0.2, 0.25) is 5.91 Å². The first-order valence-electron chi connectivity index (χ1n) is 19.6. The molecule has 0 aromatic rings. The second-order valence-electron chi connectivity index (χ2n) is 13.6. The maximum absolute atomic E-state index is 12.4. The zero-order chi connectivity index (χ0) is 33.2. The molecule has 0 aliphatic rings. The molecule has 0 aliphatic heterocycles. The Balaban J connectivity index is 3.76. The van der Waals surface area contributed by atoms with Crippen LogP contribution in [0, 0.1) is 0 Å². The summed E-state index contributed by atoms with van der Waals surface area (Å²) in [6.07, 6.45) is 35.4. The SMILES string of the molecule is CCCCCCCCCCCCCCCCC/C=C/CCCC(O)C(O)C(CO)NC(=O)C(O)CCCCCCCCCCC. The van der Waals surface area contributed by atoms with Crippen LogP contribution in [-0.2, 0) is 4.79 Å². The fraction of sp³-hybridized carbons (Fsp3) is 0.923. The monoisotopic (exact) mass is 640 g/mol. The van der Waals surface area contributed by atoms with Crippen LogP contribution in [0.25, 0.3) is 0 Å². The maximum atomic E-state index is 12.4. The van der Waals surface area contributed by atoms with Gasteiger partial charge in [-0.25, -0.2) is 0 Å². The van der Waals surface area contributed by atoms with Crippen molar-refractivity contribution < 1.29 is 25.2 Å². The van der Waals surface area contributed by atoms with Gasteiger partial charge in [0.1, 0.15) is 12.2 Å². The minimum Gasteiger partial charge on any atom is -0.394 e. The summed E-state index contributed by atoms with van der Waals surface area (Å²) in [5.41, 5.74) is 0. The van der Waals surface area contributed by atoms with Gasteiger partial charge in [-0.05, 0) is 38.5 Å². The lowest BCUT2D eigenvalue weighted by Gasteiger charge is -2.27. The number of carbonyl (C=O) groups excluding carboxylic acids is 1. The lowest BCUT2D eigenvalue weighted by Crippen LogP contribution is -2.53. The number of nitrogens with one attached hydrogen (secondary N) is 1. The highest BCUT2D eigenvalue weighted by Crippen LogP contribution is 2.15. The average molecular weight is 640 g/mol. The maximum Gasteiger partial charge on any atom is 0.249 e. The van der Waals surface area contributed by atoms with E-state index in [9.17, 15) is 25.2 Å². The van der Waals surface area contributed by atoms with E-state index in [0.717, 1.165) is 38.5 Å². The first-order valence-corrected chi connectivity index (χ1v) is 19.6. The van der Waals surface area contributed by atoms with Crippen molar-refractivity contribution in [3.63, 3.8) is 0 Å². The molecule has 4 atom stereocenters. The van der Waals surface area contributed by atoms with Crippen molar-refractivity contribution in [1.82, 2.24) is 5.32 Å². The smallest absolute Gasteiger partial charge is 0.249 e. The number of carbonyl (C=O) groups is 1. The molecule has 5 N–H and O–H groups in total. The van der Waals surface area contributed by atoms with Crippen LogP contribution in [-0.4, -0.2) is 57.3 Å². The fourth-order valence-corrected chi connectivity index (χ4v) is 6.05. The molecule has 0 radical (unpaired) electrons. The van der Waals surface area contributed by atoms with Crippen molar-refractivity contribution in [3.05, 3.63) is 12.2 Å². The van der Waals surface area contributed by atoms with E-state index in [4.69, 9.17) is 0 Å². The van der Waals surface area contributed by atoms with Gasteiger partial charge >= 0.3 is 0 Å². The van der Waals surface area contributed by atoms with Crippen LogP contribution in [0.1, 0.15) is 200 Å². The summed E-state index contributed by atoms with van der Waals surface area (Å²) in [6, 6.07) is -0.995. The van der Waals surface area contributed by atoms with Gasteiger partial charge in [-0.2, -0.15) is 0 Å². The average Bonchev–Trinajstić information content (AvgIpc) is 3.04. The van der Waals surface area contributed by atoms with Gasteiger partial charge in [0.15, 0.2) is 0 Å². The predicted octanol–water partition coefficient (Wildman–Crippen LogP) is 9.46. The Morgan fingerprint density at radius 1 is 0.533 bits per heavy atom. The van der Waals surface area contributed by atoms with Gasteiger partial charge in [-0.1, -0.05) is 174 Å². The lowest BCUT2D eigenvalue weighted by molar-refractivity contribution is -0.132. The fourth-order valence-electron chi connectivity index (χ4n) is 6.05. The quantitative estimate of drug-likeness (QED) is 0.0350. The third kappa shape index (κ3) is 29.0. The molecular weight excluding hydrogens is 562 g/mol. The van der Waals surface area contributed by atoms with Gasteiger partial charge in [0.25, 0.3) is 0 Å². The highest BCUT2D eigenvalue weighted by molar-refractivity contribution is 5.80. The third-order valence-corrected chi connectivity index (χ3v) is 9.23. The molecule has 0 spiro atoms. The molecule has 0 fully saturated rings. The van der Waals surface area contributed by atoms with E-state index >= 15 is 0 Å². The number of amides is 1. The number of unbranched alkanes of at least 4 members (excludes halogenated alkanes) is 24. The molecule has 268 valence electrons. The predicted molar refractivity (Wildman–Crippen MR) is 191 cm³/mol. The summed E-state index contributed by atoms with van der Waals surface area (Å²) in [4.78, 5) is 12.4. The summed E-state index contributed by atoms with van der Waals surface area (Å²) < 4.78 is 0. The second-order valence-corrected chi connectivity index (χ2v) is 13.6. The highest BCUT2D eigenvalue weighted by Gasteiger charge is 2.28. The van der Waals surface area contributed by atoms with Crippen molar-refractivity contribution in [2.75, 3.05) is 6.61 Å². The van der Waals surface area contributed by atoms with Crippen molar-refractivity contribution in [2.45, 2.75) is 224 Å². The van der Waals surface area contributed by atoms with E-state index in [0.29, 0.717) is 12.8 Å². The van der Waals surface area contributed by atoms with E-state index in [-0.39, 0.29) is 0 Å². The zero-order valence-corrected chi connectivity index (χ0v) is 29.9. The van der Waals surface area contributed by atoms with Gasteiger partial charge < -0.3 is 25.7 Å². The van der Waals surface area contributed by atoms with E-state index in [1.807, 2.05) is 0 Å². The Morgan fingerprint density at radius 3 is 1.33 bits per heavy atom. The van der Waals surface area contributed by atoms with Gasteiger partial charge in [0.05, 0.1) is 18.8 Å². The molecule has 45 heavy (non-hydrogen) atoms. The minimum absolute atomic E-state index is 0.365. The van der Waals surface area contributed by atoms with Crippen molar-refractivity contribution in [1.29, 1.82) is 0 Å². The Kier molecular flexibility index (Phi) is 33.7. The summed E-state index contributed by atoms with van der Waals surface area (Å²) in [5.74, 6) is -0.596. The molecule has 0 rings (SSSR count). The number of hydrogen-bond donors (Lipinski definition) is 5. The first-order chi connectivity index (χ1) is 22.0. The number of aliphatic hydroxyl groups is 4. The van der Waals surface area contributed by atoms with Gasteiger partial charge in [0, 0.05) is 0 Å². The largest absolute Gasteiger partial charge is 0.394 e. The van der Waals surface area contributed by atoms with Crippen LogP contribution in [0.3, 0.4) is 0 Å². The highest BCUT2D eigenvalue weighted by atomic mass is 16.3. The number of rotatable bonds is 35. The van der Waals surface area contributed by atoms with Crippen molar-refractivity contribution >= 4 is 5.91 Å². The zero-order valence-electron chi connectivity index (χ0n) is 29.9. The first kappa shape index (κ1) is 44.0. The molecule has 1 amide bonds. The normalized spacial score (nSPS) is 14.5. The molecule has 0 saturated carbocycles. The van der Waals surface area contributed by atoms with Crippen LogP contribution >= 0.6 is 0 Å². The molecule has 0 aromatic carbocycles. The van der Waals surface area contributed by atoms with Crippen molar-refractivity contribution in [2.24, 2.45) is 0 Å². The molecule has 0 aromatic heterocycles. The standard InChI is InChI=1S/C39H77NO5/c1-3-5-7-9-11-13-14-15-16-17-18-19-20-21-22-23-25-26-28-30-32-36(42)38(44)35(34-41)40-39(45)37(43)33-31-29-27-24-12-10-8-6-4-2/h25-26,35-38,41-44H,3-24,27-34H2,1-2H3,(H,40,45)/b26-25+. The van der Waals surface area contributed by atoms with E-state index in [1.54, 1.807) is 0 Å². The van der Waals surface area contributed by atoms with Crippen LogP contribution in [0.15, 0.2) is 12.2 Å². The number of allylic oxidation sites excluding steroid dienone is 2. The van der Waals surface area contributed by atoms with E-state index in [2.05, 4.69) is 31.3 Å². The van der Waals surface area contributed by atoms with Crippen LogP contribution < -0.4 is 5.32 Å². The Labute approximate surface area is 279 Å². The summed E-state index contributed by atoms with van der Waals surface area (Å²) in [5, 5.41) is 43.3. The van der Waals surface area contributed by atoms with Crippen LogP contribution in [0.2, 0.25) is 0 Å². The summed E-state index contributed by atoms with van der Waals surface area (Å²) in [7, 11) is 0. The molecule has 0 aliphatic carbocycles. The lowest BCUT2D eigenvalue weighted by atomic mass is 10.00. The minimum atomic E-state index is -1.27. The molecule has 6 nitrogen and oxygen atoms in total. The van der Waals surface area contributed by atoms with E-state index in [1.165, 1.54) is 135 Å². The van der Waals surface area contributed by atoms with Gasteiger partial charge in [-0.3, -0.25) is 4.79 Å². The Hall–Kier alpha value is -0.950. The number of aliphatic hydroxyl groups excluding tert-OH is 4. The van der Waals surface area contributed by atoms with Crippen LogP contribution in [0.4, 0.5) is 0 Å². The third-order valence-electron chi connectivity index (χ3n) is 9.23. The molecule has 0 saturated heterocycles. The Morgan fingerprint density at radius 2 is 0.911 bits per heavy atom. The number of hydrogen-bond acceptors (Lipinski definition) is 5. The molecule has 4 unspecified atom stereocenters. The summed E-state index contributed by atoms with van der Waals surface area (Å²) in [6.45, 7) is 4.00. The topological polar surface area (TPSA) is 110 Å². The molecule has 0 bridgehead atoms. The van der Waals surface area contributed by atoms with Gasteiger partial charge in [-0.15, -0.1) is 0 Å². The van der Waals surface area contributed by atoms with Crippen molar-refractivity contribution in [3.8, 4) is 0 Å². The molecule has 6 heteroatoms. The van der Waals surface area contributed by atoms with E-state index < -0.39 is 36.9 Å². The second kappa shape index (κ2) is 34.4. The molecule has 0 heterocycles.